The molecule has 0 atom stereocenters. The van der Waals surface area contributed by atoms with Crippen LogP contribution in [0.3, 0.4) is 0 Å². The number of nitrogens with two attached hydrogens (primary N) is 1. The van der Waals surface area contributed by atoms with Gasteiger partial charge in [0.2, 0.25) is 5.91 Å². The molecule has 0 bridgehead atoms. The Morgan fingerprint density at radius 3 is 2.83 bits per heavy atom. The molecule has 0 radical (unpaired) electrons. The minimum Gasteiger partial charge on any atom is -0.409 e. The van der Waals surface area contributed by atoms with Gasteiger partial charge >= 0.3 is 0 Å². The maximum Gasteiger partial charge on any atom is 0.224 e. The van der Waals surface area contributed by atoms with Crippen molar-refractivity contribution in [3.05, 3.63) is 29.8 Å². The van der Waals surface area contributed by atoms with Gasteiger partial charge in [0.25, 0.3) is 0 Å². The summed E-state index contributed by atoms with van der Waals surface area (Å²) in [6.07, 6.45) is 1.34. The zero-order chi connectivity index (χ0) is 13.5. The predicted molar refractivity (Wildman–Crippen MR) is 71.7 cm³/mol. The maximum atomic E-state index is 11.6. The first kappa shape index (κ1) is 14.0. The van der Waals surface area contributed by atoms with Crippen LogP contribution in [-0.4, -0.2) is 17.0 Å². The van der Waals surface area contributed by atoms with Crippen molar-refractivity contribution in [1.29, 1.82) is 0 Å². The van der Waals surface area contributed by atoms with Gasteiger partial charge in [-0.05, 0) is 24.5 Å². The third kappa shape index (κ3) is 4.45. The summed E-state index contributed by atoms with van der Waals surface area (Å²) in [6, 6.07) is 6.88. The summed E-state index contributed by atoms with van der Waals surface area (Å²) in [5, 5.41) is 14.3. The summed E-state index contributed by atoms with van der Waals surface area (Å²) in [6.45, 7) is 4.15. The van der Waals surface area contributed by atoms with Crippen LogP contribution in [0.25, 0.3) is 0 Å². The number of rotatable bonds is 5. The van der Waals surface area contributed by atoms with Gasteiger partial charge in [0, 0.05) is 17.7 Å². The van der Waals surface area contributed by atoms with Gasteiger partial charge in [-0.15, -0.1) is 0 Å². The van der Waals surface area contributed by atoms with Gasteiger partial charge in [-0.25, -0.2) is 0 Å². The Morgan fingerprint density at radius 1 is 1.50 bits per heavy atom. The standard InChI is InChI=1S/C13H19N3O2/c1-9(2)6-7-12(17)15-11-5-3-4-10(8-11)13(14)16-18/h3-5,8-9,18H,6-7H2,1-2H3,(H2,14,16)(H,15,17). The van der Waals surface area contributed by atoms with Crippen LogP contribution in [0.2, 0.25) is 0 Å². The average molecular weight is 249 g/mol. The zero-order valence-corrected chi connectivity index (χ0v) is 10.7. The molecule has 1 rings (SSSR count). The first-order valence-corrected chi connectivity index (χ1v) is 5.90. The minimum atomic E-state index is -0.0274. The molecule has 4 N–H and O–H groups in total. The van der Waals surface area contributed by atoms with Crippen molar-refractivity contribution < 1.29 is 10.0 Å². The number of nitrogens with zero attached hydrogens (tertiary/aromatic N) is 1. The maximum absolute atomic E-state index is 11.6. The number of benzene rings is 1. The lowest BCUT2D eigenvalue weighted by molar-refractivity contribution is -0.116. The first-order valence-electron chi connectivity index (χ1n) is 5.90. The number of oxime groups is 1. The molecule has 1 amide bonds. The number of amides is 1. The molecule has 0 heterocycles. The molecule has 0 aliphatic rings. The van der Waals surface area contributed by atoms with E-state index in [2.05, 4.69) is 24.3 Å². The molecule has 0 spiro atoms. The number of nitrogens with one attached hydrogen (secondary N) is 1. The van der Waals surface area contributed by atoms with E-state index in [1.54, 1.807) is 24.3 Å². The van der Waals surface area contributed by atoms with E-state index in [1.165, 1.54) is 0 Å². The highest BCUT2D eigenvalue weighted by atomic mass is 16.4. The van der Waals surface area contributed by atoms with Gasteiger partial charge in [-0.3, -0.25) is 4.79 Å². The molecule has 18 heavy (non-hydrogen) atoms. The lowest BCUT2D eigenvalue weighted by Crippen LogP contribution is -2.15. The van der Waals surface area contributed by atoms with E-state index in [4.69, 9.17) is 10.9 Å². The summed E-state index contributed by atoms with van der Waals surface area (Å²) in [7, 11) is 0. The smallest absolute Gasteiger partial charge is 0.224 e. The third-order valence-corrected chi connectivity index (χ3v) is 2.50. The van der Waals surface area contributed by atoms with Crippen molar-refractivity contribution in [2.45, 2.75) is 26.7 Å². The second-order valence-electron chi connectivity index (χ2n) is 4.55. The highest BCUT2D eigenvalue weighted by Crippen LogP contribution is 2.12. The summed E-state index contributed by atoms with van der Waals surface area (Å²) in [5.74, 6) is 0.493. The molecule has 0 aromatic heterocycles. The van der Waals surface area contributed by atoms with Crippen LogP contribution in [0, 0.1) is 5.92 Å². The summed E-state index contributed by atoms with van der Waals surface area (Å²) >= 11 is 0. The Kier molecular flexibility index (Phi) is 5.17. The van der Waals surface area contributed by atoms with Gasteiger partial charge in [0.15, 0.2) is 5.84 Å². The molecule has 0 unspecified atom stereocenters. The van der Waals surface area contributed by atoms with Gasteiger partial charge in [-0.2, -0.15) is 0 Å². The lowest BCUT2D eigenvalue weighted by Gasteiger charge is -2.08. The minimum absolute atomic E-state index is 0.0216. The fourth-order valence-corrected chi connectivity index (χ4v) is 1.46. The Labute approximate surface area is 107 Å². The van der Waals surface area contributed by atoms with Crippen LogP contribution >= 0.6 is 0 Å². The quantitative estimate of drug-likeness (QED) is 0.323. The summed E-state index contributed by atoms with van der Waals surface area (Å²) in [5.41, 5.74) is 6.69. The first-order chi connectivity index (χ1) is 8.52. The molecule has 98 valence electrons. The van der Waals surface area contributed by atoms with E-state index in [0.29, 0.717) is 23.6 Å². The fourth-order valence-electron chi connectivity index (χ4n) is 1.46. The molecule has 5 heteroatoms. The summed E-state index contributed by atoms with van der Waals surface area (Å²) < 4.78 is 0. The van der Waals surface area contributed by atoms with Crippen molar-refractivity contribution in [3.8, 4) is 0 Å². The van der Waals surface area contributed by atoms with Gasteiger partial charge in [0.05, 0.1) is 0 Å². The van der Waals surface area contributed by atoms with Gasteiger partial charge in [-0.1, -0.05) is 31.1 Å². The molecular weight excluding hydrogens is 230 g/mol. The third-order valence-electron chi connectivity index (χ3n) is 2.50. The van der Waals surface area contributed by atoms with Crippen molar-refractivity contribution in [2.24, 2.45) is 16.8 Å². The Morgan fingerprint density at radius 2 is 2.22 bits per heavy atom. The molecule has 1 aromatic carbocycles. The Balaban J connectivity index is 2.65. The number of hydrogen-bond donors (Lipinski definition) is 3. The van der Waals surface area contributed by atoms with Crippen LogP contribution < -0.4 is 11.1 Å². The van der Waals surface area contributed by atoms with Crippen LogP contribution in [-0.2, 0) is 4.79 Å². The normalized spacial score (nSPS) is 11.6. The molecular formula is C13H19N3O2. The second kappa shape index (κ2) is 6.64. The molecule has 0 fully saturated rings. The average Bonchev–Trinajstić information content (AvgIpc) is 2.35. The van der Waals surface area contributed by atoms with Gasteiger partial charge < -0.3 is 16.3 Å². The lowest BCUT2D eigenvalue weighted by atomic mass is 10.1. The number of amidine groups is 1. The van der Waals surface area contributed by atoms with Crippen molar-refractivity contribution in [3.63, 3.8) is 0 Å². The van der Waals surface area contributed by atoms with Crippen LogP contribution in [0.1, 0.15) is 32.3 Å². The van der Waals surface area contributed by atoms with Crippen molar-refractivity contribution >= 4 is 17.4 Å². The van der Waals surface area contributed by atoms with E-state index in [1.807, 2.05) is 0 Å². The second-order valence-corrected chi connectivity index (χ2v) is 4.55. The predicted octanol–water partition coefficient (Wildman–Crippen LogP) is 2.16. The molecule has 1 aromatic rings. The molecule has 0 saturated heterocycles. The number of carbonyl (C=O) groups is 1. The Bertz CT molecular complexity index is 442. The van der Waals surface area contributed by atoms with E-state index < -0.39 is 0 Å². The molecule has 0 aliphatic carbocycles. The van der Waals surface area contributed by atoms with Crippen LogP contribution in [0.15, 0.2) is 29.4 Å². The highest BCUT2D eigenvalue weighted by Gasteiger charge is 2.05. The number of anilines is 1. The highest BCUT2D eigenvalue weighted by molar-refractivity contribution is 5.99. The monoisotopic (exact) mass is 249 g/mol. The molecule has 0 aliphatic heterocycles. The number of hydrogen-bond acceptors (Lipinski definition) is 3. The molecule has 0 saturated carbocycles. The number of carbonyl (C=O) groups excluding carboxylic acids is 1. The SMILES string of the molecule is CC(C)CCC(=O)Nc1cccc(/C(N)=N/O)c1. The van der Waals surface area contributed by atoms with E-state index in [-0.39, 0.29) is 11.7 Å². The van der Waals surface area contributed by atoms with Crippen LogP contribution in [0.5, 0.6) is 0 Å². The fraction of sp³-hybridized carbons (Fsp3) is 0.385. The largest absolute Gasteiger partial charge is 0.409 e. The summed E-state index contributed by atoms with van der Waals surface area (Å²) in [4.78, 5) is 11.6. The van der Waals surface area contributed by atoms with Crippen LogP contribution in [0.4, 0.5) is 5.69 Å². The van der Waals surface area contributed by atoms with E-state index in [9.17, 15) is 4.79 Å². The van der Waals surface area contributed by atoms with E-state index in [0.717, 1.165) is 6.42 Å². The van der Waals surface area contributed by atoms with Gasteiger partial charge in [0.1, 0.15) is 0 Å². The zero-order valence-electron chi connectivity index (χ0n) is 10.7. The van der Waals surface area contributed by atoms with E-state index >= 15 is 0 Å². The molecule has 5 nitrogen and oxygen atoms in total. The topological polar surface area (TPSA) is 87.7 Å². The van der Waals surface area contributed by atoms with Crippen molar-refractivity contribution in [1.82, 2.24) is 0 Å². The van der Waals surface area contributed by atoms with Crippen molar-refractivity contribution in [2.75, 3.05) is 5.32 Å². The Hall–Kier alpha value is -2.04.